The van der Waals surface area contributed by atoms with Gasteiger partial charge in [-0.15, -0.1) is 0 Å². The SMILES string of the molecule is CCc1ccc(C2CNCCN2C(=O)Cn2cnc3c(cnn3C)c2=O)cc1. The van der Waals surface area contributed by atoms with E-state index in [-0.39, 0.29) is 24.1 Å². The third-order valence-corrected chi connectivity index (χ3v) is 5.36. The van der Waals surface area contributed by atoms with E-state index < -0.39 is 0 Å². The van der Waals surface area contributed by atoms with Gasteiger partial charge in [-0.3, -0.25) is 18.8 Å². The Kier molecular flexibility index (Phi) is 4.95. The summed E-state index contributed by atoms with van der Waals surface area (Å²) in [6.45, 7) is 4.14. The molecule has 1 aliphatic heterocycles. The number of amides is 1. The van der Waals surface area contributed by atoms with Crippen LogP contribution in [0.15, 0.2) is 41.6 Å². The predicted molar refractivity (Wildman–Crippen MR) is 106 cm³/mol. The summed E-state index contributed by atoms with van der Waals surface area (Å²) in [7, 11) is 1.74. The largest absolute Gasteiger partial charge is 0.332 e. The Bertz CT molecular complexity index is 1050. The Labute approximate surface area is 162 Å². The van der Waals surface area contributed by atoms with Crippen LogP contribution in [0.2, 0.25) is 0 Å². The van der Waals surface area contributed by atoms with Crippen LogP contribution < -0.4 is 10.9 Å². The molecule has 1 atom stereocenters. The number of aryl methyl sites for hydroxylation is 2. The summed E-state index contributed by atoms with van der Waals surface area (Å²) < 4.78 is 2.92. The average Bonchev–Trinajstić information content (AvgIpc) is 3.11. The average molecular weight is 380 g/mol. The fourth-order valence-corrected chi connectivity index (χ4v) is 3.69. The maximum atomic E-state index is 13.1. The number of carbonyl (C=O) groups excluding carboxylic acids is 1. The molecule has 1 unspecified atom stereocenters. The molecule has 1 fully saturated rings. The van der Waals surface area contributed by atoms with Gasteiger partial charge in [0, 0.05) is 26.7 Å². The van der Waals surface area contributed by atoms with Gasteiger partial charge in [-0.05, 0) is 17.5 Å². The predicted octanol–water partition coefficient (Wildman–Crippen LogP) is 0.865. The molecule has 146 valence electrons. The van der Waals surface area contributed by atoms with Crippen molar-refractivity contribution >= 4 is 16.9 Å². The molecule has 1 saturated heterocycles. The van der Waals surface area contributed by atoms with Gasteiger partial charge in [0.1, 0.15) is 18.3 Å². The topological polar surface area (TPSA) is 85.1 Å². The zero-order valence-electron chi connectivity index (χ0n) is 16.1. The van der Waals surface area contributed by atoms with Gasteiger partial charge in [0.15, 0.2) is 5.65 Å². The molecule has 0 spiro atoms. The highest BCUT2D eigenvalue weighted by atomic mass is 16.2. The quantitative estimate of drug-likeness (QED) is 0.726. The van der Waals surface area contributed by atoms with Gasteiger partial charge in [0.05, 0.1) is 12.2 Å². The van der Waals surface area contributed by atoms with Crippen LogP contribution in [-0.4, -0.2) is 49.8 Å². The highest BCUT2D eigenvalue weighted by molar-refractivity contribution is 5.78. The van der Waals surface area contributed by atoms with Crippen molar-refractivity contribution in [1.29, 1.82) is 0 Å². The number of nitrogens with one attached hydrogen (secondary N) is 1. The molecule has 4 rings (SSSR count). The number of rotatable bonds is 4. The highest BCUT2D eigenvalue weighted by Gasteiger charge is 2.28. The normalized spacial score (nSPS) is 17.2. The molecule has 28 heavy (non-hydrogen) atoms. The number of benzene rings is 1. The lowest BCUT2D eigenvalue weighted by molar-refractivity contribution is -0.135. The third kappa shape index (κ3) is 3.31. The first-order valence-corrected chi connectivity index (χ1v) is 9.54. The minimum atomic E-state index is -0.245. The first kappa shape index (κ1) is 18.4. The van der Waals surface area contributed by atoms with Crippen LogP contribution in [0.4, 0.5) is 0 Å². The second-order valence-corrected chi connectivity index (χ2v) is 7.09. The van der Waals surface area contributed by atoms with E-state index >= 15 is 0 Å². The Morgan fingerprint density at radius 1 is 1.29 bits per heavy atom. The van der Waals surface area contributed by atoms with Gasteiger partial charge in [0.25, 0.3) is 5.56 Å². The van der Waals surface area contributed by atoms with Crippen LogP contribution in [0.3, 0.4) is 0 Å². The zero-order chi connectivity index (χ0) is 19.7. The molecule has 0 bridgehead atoms. The number of hydrogen-bond donors (Lipinski definition) is 1. The summed E-state index contributed by atoms with van der Waals surface area (Å²) in [6, 6.07) is 8.35. The Balaban J connectivity index is 1.58. The molecule has 2 aromatic heterocycles. The third-order valence-electron chi connectivity index (χ3n) is 5.36. The van der Waals surface area contributed by atoms with Crippen molar-refractivity contribution in [3.63, 3.8) is 0 Å². The van der Waals surface area contributed by atoms with Gasteiger partial charge in [-0.25, -0.2) is 4.98 Å². The summed E-state index contributed by atoms with van der Waals surface area (Å²) >= 11 is 0. The molecule has 1 aliphatic rings. The van der Waals surface area contributed by atoms with Crippen LogP contribution in [0.1, 0.15) is 24.1 Å². The molecule has 8 nitrogen and oxygen atoms in total. The van der Waals surface area contributed by atoms with E-state index in [1.54, 1.807) is 11.7 Å². The van der Waals surface area contributed by atoms with E-state index in [0.29, 0.717) is 24.1 Å². The minimum Gasteiger partial charge on any atom is -0.332 e. The first-order valence-electron chi connectivity index (χ1n) is 9.54. The lowest BCUT2D eigenvalue weighted by atomic mass is 10.0. The van der Waals surface area contributed by atoms with Crippen LogP contribution in [0, 0.1) is 0 Å². The van der Waals surface area contributed by atoms with Gasteiger partial charge >= 0.3 is 0 Å². The maximum Gasteiger partial charge on any atom is 0.264 e. The number of carbonyl (C=O) groups is 1. The van der Waals surface area contributed by atoms with Crippen LogP contribution in [-0.2, 0) is 24.8 Å². The van der Waals surface area contributed by atoms with Gasteiger partial charge in [0.2, 0.25) is 5.91 Å². The van der Waals surface area contributed by atoms with Gasteiger partial charge < -0.3 is 10.2 Å². The van der Waals surface area contributed by atoms with E-state index in [1.165, 1.54) is 22.7 Å². The number of piperazine rings is 1. The monoisotopic (exact) mass is 380 g/mol. The number of nitrogens with zero attached hydrogens (tertiary/aromatic N) is 5. The molecule has 3 aromatic rings. The summed E-state index contributed by atoms with van der Waals surface area (Å²) in [6.07, 6.45) is 3.91. The van der Waals surface area contributed by atoms with Crippen LogP contribution >= 0.6 is 0 Å². The molecule has 0 saturated carbocycles. The van der Waals surface area contributed by atoms with E-state index in [9.17, 15) is 9.59 Å². The van der Waals surface area contributed by atoms with Crippen molar-refractivity contribution in [3.05, 3.63) is 58.3 Å². The fourth-order valence-electron chi connectivity index (χ4n) is 3.69. The molecule has 8 heteroatoms. The van der Waals surface area contributed by atoms with Crippen molar-refractivity contribution in [2.24, 2.45) is 7.05 Å². The lowest BCUT2D eigenvalue weighted by Gasteiger charge is -2.36. The van der Waals surface area contributed by atoms with Crippen LogP contribution in [0.25, 0.3) is 11.0 Å². The van der Waals surface area contributed by atoms with Crippen molar-refractivity contribution in [2.75, 3.05) is 19.6 Å². The van der Waals surface area contributed by atoms with Gasteiger partial charge in [-0.2, -0.15) is 5.10 Å². The summed E-state index contributed by atoms with van der Waals surface area (Å²) in [4.78, 5) is 31.9. The summed E-state index contributed by atoms with van der Waals surface area (Å²) in [5, 5.41) is 7.85. The second kappa shape index (κ2) is 7.55. The number of hydrogen-bond acceptors (Lipinski definition) is 5. The maximum absolute atomic E-state index is 13.1. The molecular formula is C20H24N6O2. The standard InChI is InChI=1S/C20H24N6O2/c1-3-14-4-6-15(7-5-14)17-11-21-8-9-26(17)18(27)12-25-13-22-19-16(20(25)28)10-23-24(19)2/h4-7,10,13,17,21H,3,8-9,11-12H2,1-2H3. The summed E-state index contributed by atoms with van der Waals surface area (Å²) in [5.74, 6) is -0.0850. The lowest BCUT2D eigenvalue weighted by Crippen LogP contribution is -2.50. The van der Waals surface area contributed by atoms with Crippen molar-refractivity contribution in [1.82, 2.24) is 29.5 Å². The molecule has 0 aliphatic carbocycles. The zero-order valence-corrected chi connectivity index (χ0v) is 16.1. The molecule has 1 N–H and O–H groups in total. The first-order chi connectivity index (χ1) is 13.6. The smallest absolute Gasteiger partial charge is 0.264 e. The van der Waals surface area contributed by atoms with Crippen molar-refractivity contribution < 1.29 is 4.79 Å². The number of aromatic nitrogens is 4. The van der Waals surface area contributed by atoms with E-state index in [2.05, 4.69) is 46.6 Å². The molecule has 1 amide bonds. The van der Waals surface area contributed by atoms with Crippen molar-refractivity contribution in [2.45, 2.75) is 25.9 Å². The van der Waals surface area contributed by atoms with E-state index in [0.717, 1.165) is 18.5 Å². The summed E-state index contributed by atoms with van der Waals surface area (Å²) in [5.41, 5.74) is 2.65. The van der Waals surface area contributed by atoms with Crippen molar-refractivity contribution in [3.8, 4) is 0 Å². The molecular weight excluding hydrogens is 356 g/mol. The number of fused-ring (bicyclic) bond motifs is 1. The van der Waals surface area contributed by atoms with E-state index in [4.69, 9.17) is 0 Å². The van der Waals surface area contributed by atoms with Gasteiger partial charge in [-0.1, -0.05) is 31.2 Å². The molecule has 0 radical (unpaired) electrons. The molecule has 1 aromatic carbocycles. The Hall–Kier alpha value is -3.00. The molecule has 3 heterocycles. The Morgan fingerprint density at radius 2 is 2.07 bits per heavy atom. The van der Waals surface area contributed by atoms with E-state index in [1.807, 2.05) is 4.90 Å². The highest BCUT2D eigenvalue weighted by Crippen LogP contribution is 2.23. The Morgan fingerprint density at radius 3 is 2.82 bits per heavy atom. The second-order valence-electron chi connectivity index (χ2n) is 7.09. The van der Waals surface area contributed by atoms with Crippen LogP contribution in [0.5, 0.6) is 0 Å². The fraction of sp³-hybridized carbons (Fsp3) is 0.400. The minimum absolute atomic E-state index is 0.0276.